The summed E-state index contributed by atoms with van der Waals surface area (Å²) < 4.78 is 6.26. The number of fused-ring (bicyclic) bond motifs is 1. The van der Waals surface area contributed by atoms with E-state index in [1.54, 1.807) is 10.7 Å². The molecule has 1 saturated heterocycles. The number of rotatable bonds is 2. The number of hydrogen-bond donors (Lipinski definition) is 2. The third kappa shape index (κ3) is 2.00. The SMILES string of the molecule is COC(=O)c1c(=O)[nH]n2c(C3CCNCC3)ccnc12. The maximum Gasteiger partial charge on any atom is 0.347 e. The second-order valence-corrected chi connectivity index (χ2v) is 4.86. The summed E-state index contributed by atoms with van der Waals surface area (Å²) in [5.74, 6) is -0.320. The molecule has 1 aliphatic heterocycles. The number of nitrogens with zero attached hydrogens (tertiary/aromatic N) is 2. The zero-order valence-electron chi connectivity index (χ0n) is 11.2. The highest BCUT2D eigenvalue weighted by Gasteiger charge is 2.23. The number of carbonyl (C=O) groups is 1. The van der Waals surface area contributed by atoms with Gasteiger partial charge < -0.3 is 10.1 Å². The lowest BCUT2D eigenvalue weighted by molar-refractivity contribution is 0.0601. The monoisotopic (exact) mass is 276 g/mol. The second kappa shape index (κ2) is 5.09. The van der Waals surface area contributed by atoms with Crippen molar-refractivity contribution in [2.24, 2.45) is 0 Å². The lowest BCUT2D eigenvalue weighted by Crippen LogP contribution is -2.27. The number of piperidine rings is 1. The van der Waals surface area contributed by atoms with E-state index in [0.717, 1.165) is 31.6 Å². The molecule has 2 N–H and O–H groups in total. The van der Waals surface area contributed by atoms with Gasteiger partial charge in [-0.05, 0) is 32.0 Å². The first-order valence-electron chi connectivity index (χ1n) is 6.61. The number of nitrogens with one attached hydrogen (secondary N) is 2. The quantitative estimate of drug-likeness (QED) is 0.769. The lowest BCUT2D eigenvalue weighted by atomic mass is 9.94. The Labute approximate surface area is 114 Å². The Bertz CT molecular complexity index is 697. The summed E-state index contributed by atoms with van der Waals surface area (Å²) in [5, 5.41) is 5.99. The molecule has 0 saturated carbocycles. The number of methoxy groups -OCH3 is 1. The standard InChI is InChI=1S/C13H16N4O3/c1-20-13(19)10-11-15-7-4-9(17(11)16-12(10)18)8-2-5-14-6-3-8/h4,7-8,14H,2-3,5-6H2,1H3,(H,16,18). The van der Waals surface area contributed by atoms with Crippen LogP contribution < -0.4 is 10.9 Å². The predicted octanol–water partition coefficient (Wildman–Crippen LogP) is 0.276. The van der Waals surface area contributed by atoms with Crippen molar-refractivity contribution >= 4 is 11.6 Å². The van der Waals surface area contributed by atoms with Crippen LogP contribution in [0.25, 0.3) is 5.65 Å². The predicted molar refractivity (Wildman–Crippen MR) is 72.0 cm³/mol. The Balaban J connectivity index is 2.15. The molecule has 20 heavy (non-hydrogen) atoms. The van der Waals surface area contributed by atoms with Crippen LogP contribution in [0.5, 0.6) is 0 Å². The number of esters is 1. The number of hydrogen-bond acceptors (Lipinski definition) is 5. The minimum atomic E-state index is -0.663. The Morgan fingerprint density at radius 3 is 2.90 bits per heavy atom. The van der Waals surface area contributed by atoms with E-state index in [4.69, 9.17) is 0 Å². The van der Waals surface area contributed by atoms with E-state index in [1.165, 1.54) is 7.11 Å². The smallest absolute Gasteiger partial charge is 0.347 e. The Morgan fingerprint density at radius 2 is 2.20 bits per heavy atom. The van der Waals surface area contributed by atoms with Crippen molar-refractivity contribution in [3.63, 3.8) is 0 Å². The van der Waals surface area contributed by atoms with Gasteiger partial charge in [-0.2, -0.15) is 0 Å². The van der Waals surface area contributed by atoms with Crippen LogP contribution in [0.3, 0.4) is 0 Å². The van der Waals surface area contributed by atoms with Crippen molar-refractivity contribution < 1.29 is 9.53 Å². The number of aromatic nitrogens is 3. The summed E-state index contributed by atoms with van der Waals surface area (Å²) in [5.41, 5.74) is 0.802. The van der Waals surface area contributed by atoms with Gasteiger partial charge in [-0.3, -0.25) is 9.89 Å². The van der Waals surface area contributed by atoms with Crippen LogP contribution >= 0.6 is 0 Å². The molecule has 7 heteroatoms. The molecule has 7 nitrogen and oxygen atoms in total. The zero-order chi connectivity index (χ0) is 14.1. The van der Waals surface area contributed by atoms with Crippen molar-refractivity contribution in [2.45, 2.75) is 18.8 Å². The molecule has 3 rings (SSSR count). The summed E-state index contributed by atoms with van der Waals surface area (Å²) in [4.78, 5) is 27.8. The van der Waals surface area contributed by atoms with Crippen LogP contribution in [-0.2, 0) is 4.74 Å². The van der Waals surface area contributed by atoms with E-state index in [-0.39, 0.29) is 5.56 Å². The minimum absolute atomic E-state index is 0.0386. The van der Waals surface area contributed by atoms with Crippen molar-refractivity contribution in [1.29, 1.82) is 0 Å². The third-order valence-electron chi connectivity index (χ3n) is 3.72. The van der Waals surface area contributed by atoms with Crippen LogP contribution in [-0.4, -0.2) is 40.8 Å². The molecule has 0 unspecified atom stereocenters. The number of ether oxygens (including phenoxy) is 1. The van der Waals surface area contributed by atoms with E-state index in [2.05, 4.69) is 20.1 Å². The third-order valence-corrected chi connectivity index (χ3v) is 3.72. The largest absolute Gasteiger partial charge is 0.465 e. The molecule has 0 atom stereocenters. The Morgan fingerprint density at radius 1 is 1.45 bits per heavy atom. The van der Waals surface area contributed by atoms with E-state index in [1.807, 2.05) is 6.07 Å². The van der Waals surface area contributed by atoms with Gasteiger partial charge in [-0.15, -0.1) is 0 Å². The van der Waals surface area contributed by atoms with Gasteiger partial charge in [0, 0.05) is 17.8 Å². The van der Waals surface area contributed by atoms with Crippen LogP contribution in [0, 0.1) is 0 Å². The van der Waals surface area contributed by atoms with E-state index in [0.29, 0.717) is 11.6 Å². The van der Waals surface area contributed by atoms with Crippen molar-refractivity contribution in [3.05, 3.63) is 33.9 Å². The molecule has 2 aromatic rings. The first kappa shape index (κ1) is 12.9. The molecule has 0 radical (unpaired) electrons. The highest BCUT2D eigenvalue weighted by atomic mass is 16.5. The number of H-pyrrole nitrogens is 1. The van der Waals surface area contributed by atoms with Gasteiger partial charge >= 0.3 is 5.97 Å². The van der Waals surface area contributed by atoms with Crippen LogP contribution in [0.1, 0.15) is 34.8 Å². The molecule has 0 aromatic carbocycles. The van der Waals surface area contributed by atoms with E-state index < -0.39 is 11.5 Å². The van der Waals surface area contributed by atoms with Gasteiger partial charge in [0.15, 0.2) is 11.2 Å². The summed E-state index contributed by atoms with van der Waals surface area (Å²) >= 11 is 0. The molecular formula is C13H16N4O3. The van der Waals surface area contributed by atoms with Gasteiger partial charge in [0.25, 0.3) is 5.56 Å². The first-order chi connectivity index (χ1) is 9.72. The van der Waals surface area contributed by atoms with E-state index in [9.17, 15) is 9.59 Å². The van der Waals surface area contributed by atoms with Gasteiger partial charge in [0.05, 0.1) is 7.11 Å². The summed E-state index contributed by atoms with van der Waals surface area (Å²) in [6.45, 7) is 1.90. The van der Waals surface area contributed by atoms with Crippen molar-refractivity contribution in [2.75, 3.05) is 20.2 Å². The average molecular weight is 276 g/mol. The first-order valence-corrected chi connectivity index (χ1v) is 6.61. The molecule has 0 aliphatic carbocycles. The molecule has 0 spiro atoms. The molecule has 1 aliphatic rings. The second-order valence-electron chi connectivity index (χ2n) is 4.86. The maximum atomic E-state index is 11.9. The molecule has 0 bridgehead atoms. The average Bonchev–Trinajstić information content (AvgIpc) is 2.83. The molecule has 1 fully saturated rings. The summed E-state index contributed by atoms with van der Waals surface area (Å²) in [6, 6.07) is 1.89. The van der Waals surface area contributed by atoms with Crippen LogP contribution in [0.4, 0.5) is 0 Å². The normalized spacial score (nSPS) is 16.4. The zero-order valence-corrected chi connectivity index (χ0v) is 11.2. The molecular weight excluding hydrogens is 260 g/mol. The van der Waals surface area contributed by atoms with Gasteiger partial charge in [-0.1, -0.05) is 0 Å². The fourth-order valence-corrected chi connectivity index (χ4v) is 2.71. The molecule has 0 amide bonds. The topological polar surface area (TPSA) is 88.5 Å². The van der Waals surface area contributed by atoms with Crippen molar-refractivity contribution in [3.8, 4) is 0 Å². The fraction of sp³-hybridized carbons (Fsp3) is 0.462. The molecule has 2 aromatic heterocycles. The fourth-order valence-electron chi connectivity index (χ4n) is 2.71. The Hall–Kier alpha value is -2.15. The van der Waals surface area contributed by atoms with Crippen molar-refractivity contribution in [1.82, 2.24) is 19.9 Å². The van der Waals surface area contributed by atoms with Crippen LogP contribution in [0.2, 0.25) is 0 Å². The molecule has 3 heterocycles. The van der Waals surface area contributed by atoms with Crippen LogP contribution in [0.15, 0.2) is 17.1 Å². The minimum Gasteiger partial charge on any atom is -0.465 e. The van der Waals surface area contributed by atoms with E-state index >= 15 is 0 Å². The summed E-state index contributed by atoms with van der Waals surface area (Å²) in [7, 11) is 1.25. The highest BCUT2D eigenvalue weighted by Crippen LogP contribution is 2.25. The maximum absolute atomic E-state index is 11.9. The lowest BCUT2D eigenvalue weighted by Gasteiger charge is -2.23. The number of carbonyl (C=O) groups excluding carboxylic acids is 1. The highest BCUT2D eigenvalue weighted by molar-refractivity contribution is 5.95. The van der Waals surface area contributed by atoms with Gasteiger partial charge in [0.2, 0.25) is 0 Å². The number of aromatic amines is 1. The summed E-state index contributed by atoms with van der Waals surface area (Å²) in [6.07, 6.45) is 3.62. The molecule has 106 valence electrons. The van der Waals surface area contributed by atoms with Gasteiger partial charge in [0.1, 0.15) is 0 Å². The van der Waals surface area contributed by atoms with Gasteiger partial charge in [-0.25, -0.2) is 14.3 Å². The Kier molecular flexibility index (Phi) is 3.27.